The molecule has 0 saturated heterocycles. The Labute approximate surface area is 83.8 Å². The van der Waals surface area contributed by atoms with E-state index in [1.54, 1.807) is 6.07 Å². The molecule has 3 heteroatoms. The van der Waals surface area contributed by atoms with Crippen molar-refractivity contribution in [2.45, 2.75) is 39.2 Å². The highest BCUT2D eigenvalue weighted by Gasteiger charge is 2.18. The summed E-state index contributed by atoms with van der Waals surface area (Å²) in [6.45, 7) is 7.51. The van der Waals surface area contributed by atoms with Gasteiger partial charge in [0, 0.05) is 11.1 Å². The van der Waals surface area contributed by atoms with Crippen LogP contribution in [0.5, 0.6) is 0 Å². The average Bonchev–Trinajstić information content (AvgIpc) is 2.02. The van der Waals surface area contributed by atoms with Gasteiger partial charge in [0.05, 0.1) is 6.10 Å². The van der Waals surface area contributed by atoms with Gasteiger partial charge in [0.15, 0.2) is 0 Å². The molecule has 1 heterocycles. The highest BCUT2D eigenvalue weighted by atomic mass is 19.1. The molecular weight excluding hydrogens is 181 g/mol. The van der Waals surface area contributed by atoms with E-state index in [9.17, 15) is 9.50 Å². The maximum absolute atomic E-state index is 13.2. The number of halogens is 1. The van der Waals surface area contributed by atoms with Crippen LogP contribution in [0.3, 0.4) is 0 Å². The molecule has 0 amide bonds. The fraction of sp³-hybridized carbons (Fsp3) is 0.545. The van der Waals surface area contributed by atoms with Crippen molar-refractivity contribution in [1.29, 1.82) is 0 Å². The first-order valence-corrected chi connectivity index (χ1v) is 4.67. The third-order valence-electron chi connectivity index (χ3n) is 2.04. The molecular formula is C11H16FNO. The monoisotopic (exact) mass is 197 g/mol. The van der Waals surface area contributed by atoms with Crippen LogP contribution in [0.25, 0.3) is 0 Å². The number of pyridine rings is 1. The molecule has 78 valence electrons. The van der Waals surface area contributed by atoms with E-state index in [0.717, 1.165) is 5.69 Å². The van der Waals surface area contributed by atoms with Gasteiger partial charge in [0.2, 0.25) is 0 Å². The first kappa shape index (κ1) is 11.1. The van der Waals surface area contributed by atoms with Crippen LogP contribution in [0.1, 0.15) is 45.2 Å². The lowest BCUT2D eigenvalue weighted by Crippen LogP contribution is -2.15. The molecule has 0 fully saturated rings. The zero-order valence-corrected chi connectivity index (χ0v) is 9.00. The molecule has 1 aromatic heterocycles. The molecule has 0 aliphatic carbocycles. The number of aliphatic hydroxyl groups is 1. The lowest BCUT2D eigenvalue weighted by molar-refractivity contribution is 0.188. The molecule has 0 bridgehead atoms. The number of aromatic nitrogens is 1. The second kappa shape index (κ2) is 3.65. The van der Waals surface area contributed by atoms with Crippen molar-refractivity contribution in [2.75, 3.05) is 0 Å². The molecule has 0 aliphatic heterocycles. The van der Waals surface area contributed by atoms with Crippen LogP contribution in [0.15, 0.2) is 12.1 Å². The van der Waals surface area contributed by atoms with Crippen molar-refractivity contribution in [3.05, 3.63) is 29.3 Å². The lowest BCUT2D eigenvalue weighted by atomic mass is 9.91. The number of nitrogens with zero attached hydrogens (tertiary/aromatic N) is 1. The third-order valence-corrected chi connectivity index (χ3v) is 2.04. The maximum atomic E-state index is 13.2. The quantitative estimate of drug-likeness (QED) is 0.750. The van der Waals surface area contributed by atoms with Crippen molar-refractivity contribution < 1.29 is 9.50 Å². The summed E-state index contributed by atoms with van der Waals surface area (Å²) in [6.07, 6.45) is -0.864. The summed E-state index contributed by atoms with van der Waals surface area (Å²) >= 11 is 0. The fourth-order valence-electron chi connectivity index (χ4n) is 1.17. The molecule has 1 N–H and O–H groups in total. The zero-order chi connectivity index (χ0) is 10.9. The summed E-state index contributed by atoms with van der Waals surface area (Å²) in [5, 5.41) is 9.29. The summed E-state index contributed by atoms with van der Waals surface area (Å²) in [6, 6.07) is 3.01. The largest absolute Gasteiger partial charge is 0.387 e. The van der Waals surface area contributed by atoms with Crippen molar-refractivity contribution in [2.24, 2.45) is 0 Å². The Hall–Kier alpha value is -0.960. The van der Waals surface area contributed by atoms with Gasteiger partial charge in [-0.05, 0) is 19.1 Å². The standard InChI is InChI=1S/C11H16FNO/c1-7(14)10-8(12)5-6-9(13-10)11(2,3)4/h5-7,14H,1-4H3. The number of aliphatic hydroxyl groups excluding tert-OH is 1. The predicted molar refractivity (Wildman–Crippen MR) is 53.5 cm³/mol. The Morgan fingerprint density at radius 3 is 2.36 bits per heavy atom. The Morgan fingerprint density at radius 1 is 1.36 bits per heavy atom. The summed E-state index contributed by atoms with van der Waals surface area (Å²) < 4.78 is 13.2. The van der Waals surface area contributed by atoms with Gasteiger partial charge in [-0.3, -0.25) is 4.98 Å². The van der Waals surface area contributed by atoms with Gasteiger partial charge in [-0.1, -0.05) is 20.8 Å². The SMILES string of the molecule is CC(O)c1nc(C(C)(C)C)ccc1F. The molecule has 14 heavy (non-hydrogen) atoms. The van der Waals surface area contributed by atoms with Gasteiger partial charge < -0.3 is 5.11 Å². The Kier molecular flexibility index (Phi) is 2.90. The molecule has 1 unspecified atom stereocenters. The predicted octanol–water partition coefficient (Wildman–Crippen LogP) is 2.57. The number of rotatable bonds is 1. The molecule has 0 aromatic carbocycles. The van der Waals surface area contributed by atoms with E-state index in [2.05, 4.69) is 4.98 Å². The van der Waals surface area contributed by atoms with E-state index >= 15 is 0 Å². The summed E-state index contributed by atoms with van der Waals surface area (Å²) in [5.74, 6) is -0.451. The highest BCUT2D eigenvalue weighted by molar-refractivity contribution is 5.20. The van der Waals surface area contributed by atoms with E-state index in [0.29, 0.717) is 0 Å². The minimum absolute atomic E-state index is 0.123. The smallest absolute Gasteiger partial charge is 0.147 e. The topological polar surface area (TPSA) is 33.1 Å². The van der Waals surface area contributed by atoms with Gasteiger partial charge >= 0.3 is 0 Å². The van der Waals surface area contributed by atoms with Crippen LogP contribution in [-0.2, 0) is 5.41 Å². The summed E-state index contributed by atoms with van der Waals surface area (Å²) in [5.41, 5.74) is 0.782. The highest BCUT2D eigenvalue weighted by Crippen LogP contribution is 2.23. The van der Waals surface area contributed by atoms with Crippen LogP contribution < -0.4 is 0 Å². The van der Waals surface area contributed by atoms with E-state index in [4.69, 9.17) is 0 Å². The van der Waals surface area contributed by atoms with E-state index < -0.39 is 11.9 Å². The molecule has 1 aromatic rings. The van der Waals surface area contributed by atoms with Gasteiger partial charge in [-0.25, -0.2) is 4.39 Å². The van der Waals surface area contributed by atoms with Crippen LogP contribution in [0.2, 0.25) is 0 Å². The molecule has 0 saturated carbocycles. The van der Waals surface area contributed by atoms with Crippen LogP contribution in [0.4, 0.5) is 4.39 Å². The molecule has 1 rings (SSSR count). The molecule has 0 spiro atoms. The van der Waals surface area contributed by atoms with Crippen molar-refractivity contribution in [1.82, 2.24) is 4.98 Å². The van der Waals surface area contributed by atoms with E-state index in [-0.39, 0.29) is 11.1 Å². The van der Waals surface area contributed by atoms with Crippen molar-refractivity contribution in [3.63, 3.8) is 0 Å². The Bertz CT molecular complexity index is 329. The van der Waals surface area contributed by atoms with Gasteiger partial charge in [-0.15, -0.1) is 0 Å². The Balaban J connectivity index is 3.20. The molecule has 1 atom stereocenters. The fourth-order valence-corrected chi connectivity index (χ4v) is 1.17. The minimum Gasteiger partial charge on any atom is -0.387 e. The lowest BCUT2D eigenvalue weighted by Gasteiger charge is -2.19. The van der Waals surface area contributed by atoms with E-state index in [1.165, 1.54) is 13.0 Å². The molecule has 0 radical (unpaired) electrons. The van der Waals surface area contributed by atoms with Crippen molar-refractivity contribution in [3.8, 4) is 0 Å². The first-order chi connectivity index (χ1) is 6.32. The average molecular weight is 197 g/mol. The van der Waals surface area contributed by atoms with E-state index in [1.807, 2.05) is 20.8 Å². The maximum Gasteiger partial charge on any atom is 0.147 e. The third kappa shape index (κ3) is 2.29. The Morgan fingerprint density at radius 2 is 1.93 bits per heavy atom. The number of hydrogen-bond donors (Lipinski definition) is 1. The van der Waals surface area contributed by atoms with Crippen LogP contribution in [-0.4, -0.2) is 10.1 Å². The normalized spacial score (nSPS) is 14.1. The second-order valence-corrected chi connectivity index (χ2v) is 4.49. The summed E-state index contributed by atoms with van der Waals surface area (Å²) in [4.78, 5) is 4.12. The zero-order valence-electron chi connectivity index (χ0n) is 9.00. The van der Waals surface area contributed by atoms with Crippen LogP contribution >= 0.6 is 0 Å². The first-order valence-electron chi connectivity index (χ1n) is 4.67. The van der Waals surface area contributed by atoms with Gasteiger partial charge in [0.25, 0.3) is 0 Å². The van der Waals surface area contributed by atoms with Gasteiger partial charge in [-0.2, -0.15) is 0 Å². The van der Waals surface area contributed by atoms with Crippen LogP contribution in [0, 0.1) is 5.82 Å². The molecule has 0 aliphatic rings. The second-order valence-electron chi connectivity index (χ2n) is 4.49. The van der Waals surface area contributed by atoms with Gasteiger partial charge in [0.1, 0.15) is 11.5 Å². The van der Waals surface area contributed by atoms with Crippen molar-refractivity contribution >= 4 is 0 Å². The minimum atomic E-state index is -0.864. The number of hydrogen-bond acceptors (Lipinski definition) is 2. The molecule has 2 nitrogen and oxygen atoms in total. The summed E-state index contributed by atoms with van der Waals surface area (Å²) in [7, 11) is 0.